The van der Waals surface area contributed by atoms with E-state index < -0.39 is 0 Å². The van der Waals surface area contributed by atoms with Crippen LogP contribution in [0.25, 0.3) is 0 Å². The van der Waals surface area contributed by atoms with Crippen molar-refractivity contribution in [2.45, 2.75) is 24.7 Å². The molecule has 4 atom stereocenters. The molecule has 3 nitrogen and oxygen atoms in total. The first-order chi connectivity index (χ1) is 12.6. The first-order valence-electron chi connectivity index (χ1n) is 8.95. The number of carbonyl (C=O) groups is 1. The summed E-state index contributed by atoms with van der Waals surface area (Å²) in [4.78, 5) is 12.3. The third-order valence-electron chi connectivity index (χ3n) is 5.91. The zero-order valence-corrected chi connectivity index (χ0v) is 16.1. The summed E-state index contributed by atoms with van der Waals surface area (Å²) < 4.78 is 5.30. The van der Waals surface area contributed by atoms with Crippen LogP contribution in [0.3, 0.4) is 0 Å². The van der Waals surface area contributed by atoms with Gasteiger partial charge in [0.15, 0.2) is 0 Å². The Hall–Kier alpha value is -1.71. The lowest BCUT2D eigenvalue weighted by molar-refractivity contribution is -0.123. The Bertz CT molecular complexity index is 821. The fraction of sp³-hybridized carbons (Fsp3) is 0.381. The smallest absolute Gasteiger partial charge is 0.223 e. The molecule has 2 fully saturated rings. The molecule has 1 saturated carbocycles. The summed E-state index contributed by atoms with van der Waals surface area (Å²) in [5.74, 6) is 1.89. The number of benzene rings is 2. The van der Waals surface area contributed by atoms with Gasteiger partial charge in [-0.2, -0.15) is 0 Å². The van der Waals surface area contributed by atoms with Gasteiger partial charge in [0.2, 0.25) is 5.91 Å². The Kier molecular flexibility index (Phi) is 4.85. The third-order valence-corrected chi connectivity index (χ3v) is 6.47. The van der Waals surface area contributed by atoms with Crippen molar-refractivity contribution in [3.05, 3.63) is 63.6 Å². The van der Waals surface area contributed by atoms with Crippen LogP contribution < -0.4 is 10.1 Å². The zero-order chi connectivity index (χ0) is 18.3. The summed E-state index contributed by atoms with van der Waals surface area (Å²) in [5.41, 5.74) is 2.35. The van der Waals surface area contributed by atoms with Gasteiger partial charge in [0.05, 0.1) is 7.11 Å². The van der Waals surface area contributed by atoms with Gasteiger partial charge in [-0.15, -0.1) is 0 Å². The van der Waals surface area contributed by atoms with Crippen molar-refractivity contribution >= 4 is 29.1 Å². The van der Waals surface area contributed by atoms with Crippen LogP contribution in [0.4, 0.5) is 0 Å². The van der Waals surface area contributed by atoms with Crippen LogP contribution >= 0.6 is 23.2 Å². The number of nitrogens with one attached hydrogen (secondary N) is 1. The Morgan fingerprint density at radius 3 is 2.46 bits per heavy atom. The number of hydrogen-bond donors (Lipinski definition) is 1. The van der Waals surface area contributed by atoms with Gasteiger partial charge in [-0.25, -0.2) is 0 Å². The van der Waals surface area contributed by atoms with Gasteiger partial charge in [-0.3, -0.25) is 4.79 Å². The Morgan fingerprint density at radius 1 is 1.04 bits per heavy atom. The van der Waals surface area contributed by atoms with Crippen LogP contribution in [0, 0.1) is 11.8 Å². The lowest BCUT2D eigenvalue weighted by atomic mass is 9.63. The molecule has 1 amide bonds. The molecule has 0 unspecified atom stereocenters. The number of ether oxygens (including phenoxy) is 1. The molecular formula is C21H21Cl2NO2. The first kappa shape index (κ1) is 17.7. The number of hydrogen-bond acceptors (Lipinski definition) is 2. The Balaban J connectivity index is 1.77. The number of carbonyl (C=O) groups excluding carboxylic acids is 1. The van der Waals surface area contributed by atoms with Gasteiger partial charge in [0.1, 0.15) is 5.75 Å². The minimum Gasteiger partial charge on any atom is -0.497 e. The molecule has 136 valence electrons. The summed E-state index contributed by atoms with van der Waals surface area (Å²) in [6.07, 6.45) is 1.83. The molecule has 1 saturated heterocycles. The molecule has 4 rings (SSSR count). The maximum atomic E-state index is 12.3. The largest absolute Gasteiger partial charge is 0.497 e. The highest BCUT2D eigenvalue weighted by molar-refractivity contribution is 6.35. The van der Waals surface area contributed by atoms with Gasteiger partial charge in [-0.1, -0.05) is 41.4 Å². The molecule has 0 radical (unpaired) electrons. The quantitative estimate of drug-likeness (QED) is 0.799. The van der Waals surface area contributed by atoms with Crippen LogP contribution in [0.5, 0.6) is 5.75 Å². The van der Waals surface area contributed by atoms with E-state index in [2.05, 4.69) is 17.4 Å². The van der Waals surface area contributed by atoms with Crippen molar-refractivity contribution in [2.24, 2.45) is 11.8 Å². The van der Waals surface area contributed by atoms with Gasteiger partial charge < -0.3 is 10.1 Å². The zero-order valence-electron chi connectivity index (χ0n) is 14.5. The van der Waals surface area contributed by atoms with Gasteiger partial charge >= 0.3 is 0 Å². The molecule has 2 aromatic rings. The van der Waals surface area contributed by atoms with Crippen LogP contribution in [0.1, 0.15) is 35.8 Å². The van der Waals surface area contributed by atoms with E-state index in [0.717, 1.165) is 30.7 Å². The lowest BCUT2D eigenvalue weighted by Gasteiger charge is -2.40. The lowest BCUT2D eigenvalue weighted by Crippen LogP contribution is -2.32. The molecule has 0 spiro atoms. The van der Waals surface area contributed by atoms with Crippen molar-refractivity contribution in [3.63, 3.8) is 0 Å². The number of methoxy groups -OCH3 is 1. The second-order valence-corrected chi connectivity index (χ2v) is 8.01. The van der Waals surface area contributed by atoms with Crippen LogP contribution in [0.15, 0.2) is 42.5 Å². The van der Waals surface area contributed by atoms with Crippen LogP contribution in [-0.2, 0) is 4.79 Å². The predicted octanol–water partition coefficient (Wildman–Crippen LogP) is 5.03. The predicted molar refractivity (Wildman–Crippen MR) is 104 cm³/mol. The first-order valence-corrected chi connectivity index (χ1v) is 9.70. The Labute approximate surface area is 163 Å². The second kappa shape index (κ2) is 7.13. The minimum atomic E-state index is 0.0874. The maximum Gasteiger partial charge on any atom is 0.223 e. The van der Waals surface area contributed by atoms with E-state index in [1.54, 1.807) is 7.11 Å². The monoisotopic (exact) mass is 389 g/mol. The number of fused-ring (bicyclic) bond motifs is 1. The molecule has 1 aliphatic heterocycles. The van der Waals surface area contributed by atoms with Crippen molar-refractivity contribution in [1.29, 1.82) is 0 Å². The minimum absolute atomic E-state index is 0.0874. The molecule has 1 heterocycles. The van der Waals surface area contributed by atoms with Crippen molar-refractivity contribution < 1.29 is 9.53 Å². The van der Waals surface area contributed by atoms with E-state index in [1.807, 2.05) is 30.3 Å². The van der Waals surface area contributed by atoms with E-state index in [1.165, 1.54) is 5.56 Å². The molecule has 1 aliphatic carbocycles. The van der Waals surface area contributed by atoms with E-state index in [-0.39, 0.29) is 29.6 Å². The molecule has 26 heavy (non-hydrogen) atoms. The fourth-order valence-corrected chi connectivity index (χ4v) is 5.25. The van der Waals surface area contributed by atoms with Gasteiger partial charge in [-0.05, 0) is 66.0 Å². The van der Waals surface area contributed by atoms with E-state index in [9.17, 15) is 4.79 Å². The van der Waals surface area contributed by atoms with E-state index >= 15 is 0 Å². The summed E-state index contributed by atoms with van der Waals surface area (Å²) in [7, 11) is 1.67. The van der Waals surface area contributed by atoms with Crippen LogP contribution in [0.2, 0.25) is 10.0 Å². The molecule has 1 N–H and O–H groups in total. The second-order valence-electron chi connectivity index (χ2n) is 7.16. The average Bonchev–Trinajstić information content (AvgIpc) is 3.02. The van der Waals surface area contributed by atoms with Gasteiger partial charge in [0, 0.05) is 22.5 Å². The summed E-state index contributed by atoms with van der Waals surface area (Å²) >= 11 is 12.6. The number of rotatable bonds is 3. The number of halogens is 2. The Morgan fingerprint density at radius 2 is 1.77 bits per heavy atom. The normalized spacial score (nSPS) is 27.7. The average molecular weight is 390 g/mol. The maximum absolute atomic E-state index is 12.3. The summed E-state index contributed by atoms with van der Waals surface area (Å²) in [6.45, 7) is 0.724. The molecule has 2 aliphatic rings. The van der Waals surface area contributed by atoms with E-state index in [0.29, 0.717) is 10.0 Å². The molecule has 2 aromatic carbocycles. The third kappa shape index (κ3) is 3.08. The summed E-state index contributed by atoms with van der Waals surface area (Å²) in [5, 5.41) is 4.41. The molecule has 0 bridgehead atoms. The highest BCUT2D eigenvalue weighted by Gasteiger charge is 2.47. The van der Waals surface area contributed by atoms with Gasteiger partial charge in [0.25, 0.3) is 0 Å². The van der Waals surface area contributed by atoms with Crippen LogP contribution in [-0.4, -0.2) is 19.6 Å². The SMILES string of the molecule is COc1ccc([C@@H]2[C@@H]3CNC(=O)[C@@H]3CC[C@H]2c2ccc(Cl)cc2Cl)cc1. The topological polar surface area (TPSA) is 38.3 Å². The molecule has 5 heteroatoms. The molecular weight excluding hydrogens is 369 g/mol. The summed E-state index contributed by atoms with van der Waals surface area (Å²) in [6, 6.07) is 14.0. The van der Waals surface area contributed by atoms with E-state index in [4.69, 9.17) is 27.9 Å². The molecule has 0 aromatic heterocycles. The standard InChI is InChI=1S/C21H21Cl2NO2/c1-26-14-5-2-12(3-6-14)20-16(15-7-4-13(22)10-19(15)23)8-9-17-18(20)11-24-21(17)25/h2-7,10,16-18,20H,8-9,11H2,1H3,(H,24,25)/t16-,17+,18+,20-/m0/s1. The number of amides is 1. The van der Waals surface area contributed by atoms with Crippen molar-refractivity contribution in [2.75, 3.05) is 13.7 Å². The van der Waals surface area contributed by atoms with Crippen molar-refractivity contribution in [1.82, 2.24) is 5.32 Å². The van der Waals surface area contributed by atoms with Crippen molar-refractivity contribution in [3.8, 4) is 5.75 Å². The highest BCUT2D eigenvalue weighted by Crippen LogP contribution is 2.52. The fourth-order valence-electron chi connectivity index (χ4n) is 4.70. The highest BCUT2D eigenvalue weighted by atomic mass is 35.5.